The van der Waals surface area contributed by atoms with Crippen molar-refractivity contribution in [1.29, 1.82) is 0 Å². The molecule has 2 rings (SSSR count). The lowest BCUT2D eigenvalue weighted by molar-refractivity contribution is 0.0742. The van der Waals surface area contributed by atoms with Crippen molar-refractivity contribution >= 4 is 5.91 Å². The number of amides is 1. The number of hydrogen-bond acceptors (Lipinski definition) is 3. The Labute approximate surface area is 137 Å². The van der Waals surface area contributed by atoms with Gasteiger partial charge in [-0.3, -0.25) is 9.78 Å². The van der Waals surface area contributed by atoms with Crippen molar-refractivity contribution in [1.82, 2.24) is 9.88 Å². The molecule has 1 atom stereocenters. The van der Waals surface area contributed by atoms with Crippen LogP contribution in [0.15, 0.2) is 60.9 Å². The Morgan fingerprint density at radius 1 is 1.30 bits per heavy atom. The molecule has 0 saturated carbocycles. The molecule has 0 saturated heterocycles. The molecule has 0 aliphatic rings. The summed E-state index contributed by atoms with van der Waals surface area (Å²) < 4.78 is 5.55. The van der Waals surface area contributed by atoms with E-state index < -0.39 is 0 Å². The van der Waals surface area contributed by atoms with Crippen LogP contribution in [-0.2, 0) is 0 Å². The molecular weight excluding hydrogens is 288 g/mol. The maximum absolute atomic E-state index is 12.6. The highest BCUT2D eigenvalue weighted by Crippen LogP contribution is 2.21. The van der Waals surface area contributed by atoms with E-state index in [2.05, 4.69) is 11.6 Å². The highest BCUT2D eigenvalue weighted by atomic mass is 16.5. The third-order valence-corrected chi connectivity index (χ3v) is 3.65. The van der Waals surface area contributed by atoms with Gasteiger partial charge in [0.25, 0.3) is 5.91 Å². The molecule has 0 bridgehead atoms. The van der Waals surface area contributed by atoms with Crippen molar-refractivity contribution in [3.05, 3.63) is 72.1 Å². The second-order valence-electron chi connectivity index (χ2n) is 5.65. The molecule has 1 heterocycles. The third kappa shape index (κ3) is 4.42. The van der Waals surface area contributed by atoms with Gasteiger partial charge < -0.3 is 9.64 Å². The molecule has 0 N–H and O–H groups in total. The Morgan fingerprint density at radius 3 is 2.57 bits per heavy atom. The lowest BCUT2D eigenvalue weighted by Crippen LogP contribution is -2.29. The van der Waals surface area contributed by atoms with Gasteiger partial charge in [-0.15, -0.1) is 0 Å². The maximum Gasteiger partial charge on any atom is 0.254 e. The van der Waals surface area contributed by atoms with Gasteiger partial charge in [0.1, 0.15) is 12.4 Å². The fourth-order valence-corrected chi connectivity index (χ4v) is 2.13. The normalized spacial score (nSPS) is 11.6. The van der Waals surface area contributed by atoms with Gasteiger partial charge in [-0.1, -0.05) is 12.6 Å². The summed E-state index contributed by atoms with van der Waals surface area (Å²) in [5, 5.41) is 0. The predicted molar refractivity (Wildman–Crippen MR) is 91.5 cm³/mol. The van der Waals surface area contributed by atoms with Gasteiger partial charge in [-0.05, 0) is 55.3 Å². The van der Waals surface area contributed by atoms with Gasteiger partial charge in [0.2, 0.25) is 0 Å². The van der Waals surface area contributed by atoms with Gasteiger partial charge in [-0.2, -0.15) is 0 Å². The molecule has 0 spiro atoms. The summed E-state index contributed by atoms with van der Waals surface area (Å²) in [7, 11) is 1.80. The lowest BCUT2D eigenvalue weighted by atomic mass is 10.1. The first-order valence-electron chi connectivity index (χ1n) is 7.53. The molecule has 120 valence electrons. The van der Waals surface area contributed by atoms with Crippen LogP contribution in [0.2, 0.25) is 0 Å². The summed E-state index contributed by atoms with van der Waals surface area (Å²) in [6.07, 6.45) is 3.50. The van der Waals surface area contributed by atoms with Crippen molar-refractivity contribution in [2.75, 3.05) is 13.7 Å². The first-order chi connectivity index (χ1) is 11.0. The van der Waals surface area contributed by atoms with Crippen LogP contribution in [0, 0.1) is 0 Å². The zero-order valence-corrected chi connectivity index (χ0v) is 13.8. The summed E-state index contributed by atoms with van der Waals surface area (Å²) in [6.45, 7) is 8.17. The average Bonchev–Trinajstić information content (AvgIpc) is 2.59. The third-order valence-electron chi connectivity index (χ3n) is 3.65. The molecule has 0 radical (unpaired) electrons. The zero-order chi connectivity index (χ0) is 16.8. The van der Waals surface area contributed by atoms with Crippen molar-refractivity contribution in [3.63, 3.8) is 0 Å². The van der Waals surface area contributed by atoms with Crippen LogP contribution in [0.1, 0.15) is 35.8 Å². The van der Waals surface area contributed by atoms with Crippen LogP contribution >= 0.6 is 0 Å². The SMILES string of the molecule is C=C(C)COc1ccc(C(=O)N(C)C(C)c2cccnc2)cc1. The highest BCUT2D eigenvalue weighted by molar-refractivity contribution is 5.94. The zero-order valence-electron chi connectivity index (χ0n) is 13.8. The number of carbonyl (C=O) groups is 1. The molecule has 1 aromatic heterocycles. The average molecular weight is 310 g/mol. The van der Waals surface area contributed by atoms with Crippen LogP contribution in [0.4, 0.5) is 0 Å². The van der Waals surface area contributed by atoms with E-state index >= 15 is 0 Å². The molecule has 0 aliphatic carbocycles. The van der Waals surface area contributed by atoms with Gasteiger partial charge in [0, 0.05) is 25.0 Å². The second-order valence-corrected chi connectivity index (χ2v) is 5.65. The minimum absolute atomic E-state index is 0.0344. The molecule has 1 aromatic carbocycles. The lowest BCUT2D eigenvalue weighted by Gasteiger charge is -2.25. The van der Waals surface area contributed by atoms with Crippen LogP contribution in [0.3, 0.4) is 0 Å². The van der Waals surface area contributed by atoms with E-state index in [-0.39, 0.29) is 11.9 Å². The number of hydrogen-bond donors (Lipinski definition) is 0. The summed E-state index contributed by atoms with van der Waals surface area (Å²) >= 11 is 0. The molecule has 4 heteroatoms. The summed E-state index contributed by atoms with van der Waals surface area (Å²) in [5.41, 5.74) is 2.59. The Balaban J connectivity index is 2.06. The van der Waals surface area contributed by atoms with Crippen molar-refractivity contribution in [3.8, 4) is 5.75 Å². The van der Waals surface area contributed by atoms with Gasteiger partial charge >= 0.3 is 0 Å². The summed E-state index contributed by atoms with van der Waals surface area (Å²) in [4.78, 5) is 18.4. The Hall–Kier alpha value is -2.62. The minimum Gasteiger partial charge on any atom is -0.489 e. The van der Waals surface area contributed by atoms with E-state index in [9.17, 15) is 4.79 Å². The molecule has 4 nitrogen and oxygen atoms in total. The van der Waals surface area contributed by atoms with E-state index in [0.29, 0.717) is 12.2 Å². The monoisotopic (exact) mass is 310 g/mol. The van der Waals surface area contributed by atoms with E-state index in [1.807, 2.05) is 26.0 Å². The Kier molecular flexibility index (Phi) is 5.52. The number of aromatic nitrogens is 1. The van der Waals surface area contributed by atoms with Gasteiger partial charge in [-0.25, -0.2) is 0 Å². The quantitative estimate of drug-likeness (QED) is 0.761. The predicted octanol–water partition coefficient (Wildman–Crippen LogP) is 3.87. The largest absolute Gasteiger partial charge is 0.489 e. The smallest absolute Gasteiger partial charge is 0.254 e. The number of benzene rings is 1. The van der Waals surface area contributed by atoms with Gasteiger partial charge in [0.15, 0.2) is 0 Å². The summed E-state index contributed by atoms with van der Waals surface area (Å²) in [6, 6.07) is 11.0. The number of carbonyl (C=O) groups excluding carboxylic acids is 1. The fraction of sp³-hybridized carbons (Fsp3) is 0.263. The number of pyridine rings is 1. The second kappa shape index (κ2) is 7.58. The fourth-order valence-electron chi connectivity index (χ4n) is 2.13. The highest BCUT2D eigenvalue weighted by Gasteiger charge is 2.19. The Bertz CT molecular complexity index is 666. The number of nitrogens with zero attached hydrogens (tertiary/aromatic N) is 2. The van der Waals surface area contributed by atoms with Crippen molar-refractivity contribution in [2.24, 2.45) is 0 Å². The van der Waals surface area contributed by atoms with Crippen molar-refractivity contribution < 1.29 is 9.53 Å². The van der Waals surface area contributed by atoms with Crippen LogP contribution < -0.4 is 4.74 Å². The molecule has 1 amide bonds. The van der Waals surface area contributed by atoms with E-state index in [4.69, 9.17) is 4.74 Å². The van der Waals surface area contributed by atoms with Gasteiger partial charge in [0.05, 0.1) is 6.04 Å². The topological polar surface area (TPSA) is 42.4 Å². The minimum atomic E-state index is -0.0458. The first kappa shape index (κ1) is 16.7. The molecular formula is C19H22N2O2. The molecule has 23 heavy (non-hydrogen) atoms. The maximum atomic E-state index is 12.6. The van der Waals surface area contributed by atoms with Crippen LogP contribution in [0.25, 0.3) is 0 Å². The summed E-state index contributed by atoms with van der Waals surface area (Å²) in [5.74, 6) is 0.695. The number of ether oxygens (including phenoxy) is 1. The van der Waals surface area contributed by atoms with E-state index in [1.165, 1.54) is 0 Å². The molecule has 0 aliphatic heterocycles. The van der Waals surface area contributed by atoms with E-state index in [1.54, 1.807) is 48.6 Å². The molecule has 0 fully saturated rings. The molecule has 2 aromatic rings. The Morgan fingerprint density at radius 2 is 2.00 bits per heavy atom. The van der Waals surface area contributed by atoms with Crippen molar-refractivity contribution in [2.45, 2.75) is 19.9 Å². The van der Waals surface area contributed by atoms with Crippen LogP contribution in [-0.4, -0.2) is 29.4 Å². The first-order valence-corrected chi connectivity index (χ1v) is 7.53. The number of rotatable bonds is 6. The standard InChI is InChI=1S/C19H22N2O2/c1-14(2)13-23-18-9-7-16(8-10-18)19(22)21(4)15(3)17-6-5-11-20-12-17/h5-12,15H,1,13H2,2-4H3. The molecule has 1 unspecified atom stereocenters. The van der Waals surface area contributed by atoms with Crippen LogP contribution in [0.5, 0.6) is 5.75 Å². The van der Waals surface area contributed by atoms with E-state index in [0.717, 1.165) is 16.9 Å².